The second-order valence-corrected chi connectivity index (χ2v) is 4.17. The number of aromatic amines is 1. The van der Waals surface area contributed by atoms with Crippen LogP contribution in [-0.2, 0) is 6.54 Å². The number of hydrogen-bond donors (Lipinski definition) is 2. The lowest BCUT2D eigenvalue weighted by Gasteiger charge is -2.03. The van der Waals surface area contributed by atoms with Crippen LogP contribution in [0.3, 0.4) is 0 Å². The van der Waals surface area contributed by atoms with Gasteiger partial charge in [-0.1, -0.05) is 11.3 Å². The summed E-state index contributed by atoms with van der Waals surface area (Å²) >= 11 is 1.11. The molecule has 1 aromatic heterocycles. The van der Waals surface area contributed by atoms with Crippen LogP contribution < -0.4 is 10.2 Å². The molecule has 2 rings (SSSR count). The van der Waals surface area contributed by atoms with E-state index in [0.29, 0.717) is 6.54 Å². The van der Waals surface area contributed by atoms with Crippen molar-refractivity contribution in [1.29, 1.82) is 0 Å². The van der Waals surface area contributed by atoms with Crippen LogP contribution in [-0.4, -0.2) is 9.91 Å². The highest BCUT2D eigenvalue weighted by molar-refractivity contribution is 7.07. The maximum atomic E-state index is 10.9. The highest BCUT2D eigenvalue weighted by Crippen LogP contribution is 2.15. The Hall–Kier alpha value is -2.15. The van der Waals surface area contributed by atoms with Crippen LogP contribution in [0.5, 0.6) is 0 Å². The summed E-state index contributed by atoms with van der Waals surface area (Å²) in [6.07, 6.45) is 0. The molecule has 0 aliphatic carbocycles. The number of nitrogens with zero attached hydrogens (tertiary/aromatic N) is 1. The van der Waals surface area contributed by atoms with E-state index < -0.39 is 4.92 Å². The van der Waals surface area contributed by atoms with Gasteiger partial charge >= 0.3 is 4.87 Å². The fourth-order valence-electron chi connectivity index (χ4n) is 1.30. The lowest BCUT2D eigenvalue weighted by molar-refractivity contribution is -0.384. The third-order valence-corrected chi connectivity index (χ3v) is 2.85. The minimum absolute atomic E-state index is 0.0551. The van der Waals surface area contributed by atoms with Crippen molar-refractivity contribution in [2.24, 2.45) is 0 Å². The standard InChI is InChI=1S/C10H9N3O3S/c14-10-12-8(6-17-10)5-11-7-1-3-9(4-2-7)13(15)16/h1-4,6,11H,5H2,(H,12,14). The molecule has 0 fully saturated rings. The van der Waals surface area contributed by atoms with Gasteiger partial charge in [0.15, 0.2) is 0 Å². The van der Waals surface area contributed by atoms with Crippen LogP contribution >= 0.6 is 11.3 Å². The second kappa shape index (κ2) is 4.79. The summed E-state index contributed by atoms with van der Waals surface area (Å²) in [4.78, 5) is 23.5. The van der Waals surface area contributed by atoms with E-state index in [1.54, 1.807) is 17.5 Å². The molecule has 2 aromatic rings. The molecule has 17 heavy (non-hydrogen) atoms. The van der Waals surface area contributed by atoms with Gasteiger partial charge in [-0.15, -0.1) is 0 Å². The number of hydrogen-bond acceptors (Lipinski definition) is 5. The summed E-state index contributed by atoms with van der Waals surface area (Å²) in [5.41, 5.74) is 1.61. The Morgan fingerprint density at radius 1 is 1.35 bits per heavy atom. The lowest BCUT2D eigenvalue weighted by Crippen LogP contribution is -2.02. The first-order valence-corrected chi connectivity index (χ1v) is 5.68. The topological polar surface area (TPSA) is 88.0 Å². The van der Waals surface area contributed by atoms with Crippen molar-refractivity contribution in [2.45, 2.75) is 6.54 Å². The molecule has 0 bridgehead atoms. The summed E-state index contributed by atoms with van der Waals surface area (Å²) in [5.74, 6) is 0. The summed E-state index contributed by atoms with van der Waals surface area (Å²) in [6.45, 7) is 0.483. The van der Waals surface area contributed by atoms with Gasteiger partial charge in [0.1, 0.15) is 0 Å². The zero-order chi connectivity index (χ0) is 12.3. The monoisotopic (exact) mass is 251 g/mol. The summed E-state index contributed by atoms with van der Waals surface area (Å²) < 4.78 is 0. The van der Waals surface area contributed by atoms with Crippen LogP contribution in [0, 0.1) is 10.1 Å². The molecular weight excluding hydrogens is 242 g/mol. The molecule has 0 atom stereocenters. The number of nitro groups is 1. The number of rotatable bonds is 4. The molecule has 0 saturated heterocycles. The van der Waals surface area contributed by atoms with Gasteiger partial charge < -0.3 is 10.3 Å². The fraction of sp³-hybridized carbons (Fsp3) is 0.100. The van der Waals surface area contributed by atoms with Gasteiger partial charge in [0, 0.05) is 28.9 Å². The number of nitro benzene ring substituents is 1. The Balaban J connectivity index is 2.00. The van der Waals surface area contributed by atoms with Crippen molar-refractivity contribution >= 4 is 22.7 Å². The van der Waals surface area contributed by atoms with Gasteiger partial charge in [0.05, 0.1) is 11.5 Å². The van der Waals surface area contributed by atoms with E-state index >= 15 is 0 Å². The Morgan fingerprint density at radius 2 is 2.06 bits per heavy atom. The number of nitrogens with one attached hydrogen (secondary N) is 2. The minimum atomic E-state index is -0.444. The molecule has 1 aromatic carbocycles. The highest BCUT2D eigenvalue weighted by Gasteiger charge is 2.03. The molecule has 0 amide bonds. The normalized spacial score (nSPS) is 10.1. The largest absolute Gasteiger partial charge is 0.379 e. The smallest absolute Gasteiger partial charge is 0.304 e. The first-order valence-electron chi connectivity index (χ1n) is 4.80. The third-order valence-electron chi connectivity index (χ3n) is 2.13. The first kappa shape index (κ1) is 11.3. The molecule has 0 spiro atoms. The van der Waals surface area contributed by atoms with Gasteiger partial charge in [-0.25, -0.2) is 0 Å². The van der Waals surface area contributed by atoms with Crippen molar-refractivity contribution in [3.8, 4) is 0 Å². The Bertz CT molecular complexity index is 573. The predicted molar refractivity (Wildman–Crippen MR) is 65.4 cm³/mol. The molecule has 88 valence electrons. The SMILES string of the molecule is O=c1[nH]c(CNc2ccc([N+](=O)[O-])cc2)cs1. The van der Waals surface area contributed by atoms with Crippen LogP contribution in [0.1, 0.15) is 5.69 Å². The summed E-state index contributed by atoms with van der Waals surface area (Å²) in [6, 6.07) is 6.11. The molecule has 0 aliphatic heterocycles. The van der Waals surface area contributed by atoms with Gasteiger partial charge in [-0.2, -0.15) is 0 Å². The molecule has 0 radical (unpaired) electrons. The Morgan fingerprint density at radius 3 is 2.59 bits per heavy atom. The van der Waals surface area contributed by atoms with Crippen LogP contribution in [0.4, 0.5) is 11.4 Å². The maximum Gasteiger partial charge on any atom is 0.304 e. The van der Waals surface area contributed by atoms with E-state index in [0.717, 1.165) is 22.7 Å². The van der Waals surface area contributed by atoms with E-state index in [9.17, 15) is 14.9 Å². The first-order chi connectivity index (χ1) is 8.15. The van der Waals surface area contributed by atoms with Crippen molar-refractivity contribution in [3.05, 3.63) is 55.1 Å². The van der Waals surface area contributed by atoms with Gasteiger partial charge in [-0.3, -0.25) is 14.9 Å². The highest BCUT2D eigenvalue weighted by atomic mass is 32.1. The van der Waals surface area contributed by atoms with E-state index in [-0.39, 0.29) is 10.6 Å². The minimum Gasteiger partial charge on any atom is -0.379 e. The third kappa shape index (κ3) is 2.91. The van der Waals surface area contributed by atoms with Gasteiger partial charge in [0.25, 0.3) is 5.69 Å². The van der Waals surface area contributed by atoms with E-state index in [1.807, 2.05) is 0 Å². The zero-order valence-corrected chi connectivity index (χ0v) is 9.49. The fourth-order valence-corrected chi connectivity index (χ4v) is 1.88. The van der Waals surface area contributed by atoms with Gasteiger partial charge in [0.2, 0.25) is 0 Å². The summed E-state index contributed by atoms with van der Waals surface area (Å²) in [7, 11) is 0. The van der Waals surface area contributed by atoms with Crippen LogP contribution in [0.15, 0.2) is 34.4 Å². The van der Waals surface area contributed by atoms with E-state index in [1.165, 1.54) is 12.1 Å². The molecular formula is C10H9N3O3S. The van der Waals surface area contributed by atoms with E-state index in [2.05, 4.69) is 10.3 Å². The van der Waals surface area contributed by atoms with Crippen LogP contribution in [0.2, 0.25) is 0 Å². The Labute approximate surface area is 100 Å². The predicted octanol–water partition coefficient (Wildman–Crippen LogP) is 1.96. The lowest BCUT2D eigenvalue weighted by atomic mass is 10.3. The zero-order valence-electron chi connectivity index (χ0n) is 8.67. The molecule has 0 unspecified atom stereocenters. The number of thiazole rings is 1. The molecule has 0 saturated carbocycles. The van der Waals surface area contributed by atoms with Crippen molar-refractivity contribution < 1.29 is 4.92 Å². The van der Waals surface area contributed by atoms with Crippen molar-refractivity contribution in [3.63, 3.8) is 0 Å². The number of non-ortho nitro benzene ring substituents is 1. The van der Waals surface area contributed by atoms with Crippen LogP contribution in [0.25, 0.3) is 0 Å². The molecule has 7 heteroatoms. The maximum absolute atomic E-state index is 10.9. The number of anilines is 1. The average molecular weight is 251 g/mol. The van der Waals surface area contributed by atoms with E-state index in [4.69, 9.17) is 0 Å². The Kier molecular flexibility index (Phi) is 3.20. The second-order valence-electron chi connectivity index (χ2n) is 3.33. The van der Waals surface area contributed by atoms with Crippen molar-refractivity contribution in [2.75, 3.05) is 5.32 Å². The summed E-state index contributed by atoms with van der Waals surface area (Å²) in [5, 5.41) is 15.2. The molecule has 1 heterocycles. The van der Waals surface area contributed by atoms with Crippen molar-refractivity contribution in [1.82, 2.24) is 4.98 Å². The quantitative estimate of drug-likeness (QED) is 0.642. The average Bonchev–Trinajstić information content (AvgIpc) is 2.73. The molecule has 2 N–H and O–H groups in total. The molecule has 0 aliphatic rings. The molecule has 6 nitrogen and oxygen atoms in total. The number of benzene rings is 1. The van der Waals surface area contributed by atoms with Gasteiger partial charge in [-0.05, 0) is 12.1 Å². The number of aromatic nitrogens is 1. The number of H-pyrrole nitrogens is 1.